The van der Waals surface area contributed by atoms with Gasteiger partial charge in [0.15, 0.2) is 0 Å². The predicted octanol–water partition coefficient (Wildman–Crippen LogP) is 2.47. The van der Waals surface area contributed by atoms with Crippen LogP contribution in [-0.2, 0) is 4.74 Å². The maximum absolute atomic E-state index is 13.9. The normalized spacial score (nSPS) is 10.6. The number of halogens is 1. The predicted molar refractivity (Wildman–Crippen MR) is 75.1 cm³/mol. The van der Waals surface area contributed by atoms with Crippen LogP contribution in [0.25, 0.3) is 5.69 Å². The van der Waals surface area contributed by atoms with Gasteiger partial charge in [0.2, 0.25) is 5.95 Å². The third-order valence-corrected chi connectivity index (χ3v) is 2.86. The van der Waals surface area contributed by atoms with Crippen LogP contribution < -0.4 is 10.1 Å². The first-order valence-corrected chi connectivity index (χ1v) is 6.36. The lowest BCUT2D eigenvalue weighted by Gasteiger charge is -2.11. The molecule has 1 heterocycles. The molecule has 1 aromatic heterocycles. The summed E-state index contributed by atoms with van der Waals surface area (Å²) in [5.74, 6) is 0.859. The second kappa shape index (κ2) is 6.91. The van der Waals surface area contributed by atoms with Crippen LogP contribution in [0.3, 0.4) is 0 Å². The van der Waals surface area contributed by atoms with Crippen LogP contribution >= 0.6 is 0 Å². The van der Waals surface area contributed by atoms with Gasteiger partial charge in [-0.15, -0.1) is 0 Å². The third-order valence-electron chi connectivity index (χ3n) is 2.86. The number of nitrogens with zero attached hydrogens (tertiary/aromatic N) is 2. The Morgan fingerprint density at radius 1 is 1.35 bits per heavy atom. The van der Waals surface area contributed by atoms with E-state index < -0.39 is 0 Å². The molecular weight excluding hydrogens is 261 g/mol. The maximum Gasteiger partial charge on any atom is 0.207 e. The number of imidazole rings is 1. The van der Waals surface area contributed by atoms with E-state index in [-0.39, 0.29) is 5.82 Å². The highest BCUT2D eigenvalue weighted by molar-refractivity contribution is 5.46. The Kier molecular flexibility index (Phi) is 4.95. The minimum absolute atomic E-state index is 0.330. The van der Waals surface area contributed by atoms with E-state index in [1.807, 2.05) is 0 Å². The van der Waals surface area contributed by atoms with Crippen molar-refractivity contribution in [3.05, 3.63) is 36.4 Å². The Balaban J connectivity index is 2.18. The summed E-state index contributed by atoms with van der Waals surface area (Å²) in [6.07, 6.45) is 4.18. The minimum Gasteiger partial charge on any atom is -0.497 e. The summed E-state index contributed by atoms with van der Waals surface area (Å²) >= 11 is 0. The monoisotopic (exact) mass is 279 g/mol. The number of hydrogen-bond donors (Lipinski definition) is 1. The Hall–Kier alpha value is -2.08. The largest absolute Gasteiger partial charge is 0.497 e. The van der Waals surface area contributed by atoms with Gasteiger partial charge in [-0.25, -0.2) is 9.37 Å². The van der Waals surface area contributed by atoms with Gasteiger partial charge >= 0.3 is 0 Å². The zero-order valence-corrected chi connectivity index (χ0v) is 11.6. The molecule has 0 saturated carbocycles. The van der Waals surface area contributed by atoms with Crippen LogP contribution in [-0.4, -0.2) is 36.9 Å². The molecule has 2 rings (SSSR count). The van der Waals surface area contributed by atoms with Crippen LogP contribution in [0.15, 0.2) is 30.6 Å². The van der Waals surface area contributed by atoms with E-state index in [1.165, 1.54) is 6.07 Å². The second-order valence-corrected chi connectivity index (χ2v) is 4.21. The van der Waals surface area contributed by atoms with Gasteiger partial charge < -0.3 is 14.8 Å². The van der Waals surface area contributed by atoms with Gasteiger partial charge in [-0.2, -0.15) is 0 Å². The van der Waals surface area contributed by atoms with E-state index in [0.29, 0.717) is 30.5 Å². The molecule has 0 fully saturated rings. The van der Waals surface area contributed by atoms with Crippen LogP contribution in [0.4, 0.5) is 10.3 Å². The Labute approximate surface area is 117 Å². The average molecular weight is 279 g/mol. The van der Waals surface area contributed by atoms with E-state index in [4.69, 9.17) is 9.47 Å². The van der Waals surface area contributed by atoms with Crippen LogP contribution in [0.1, 0.15) is 6.42 Å². The van der Waals surface area contributed by atoms with E-state index in [0.717, 1.165) is 6.42 Å². The fraction of sp³-hybridized carbons (Fsp3) is 0.357. The van der Waals surface area contributed by atoms with Crippen LogP contribution in [0.2, 0.25) is 0 Å². The molecule has 0 aliphatic rings. The summed E-state index contributed by atoms with van der Waals surface area (Å²) in [5, 5.41) is 3.16. The topological polar surface area (TPSA) is 48.3 Å². The van der Waals surface area contributed by atoms with Gasteiger partial charge in [-0.3, -0.25) is 4.57 Å². The van der Waals surface area contributed by atoms with Crippen LogP contribution in [0.5, 0.6) is 5.75 Å². The molecule has 0 spiro atoms. The first-order valence-electron chi connectivity index (χ1n) is 6.36. The lowest BCUT2D eigenvalue weighted by Crippen LogP contribution is -2.10. The average Bonchev–Trinajstić information content (AvgIpc) is 2.92. The van der Waals surface area contributed by atoms with Crippen LogP contribution in [0, 0.1) is 5.82 Å². The molecule has 0 radical (unpaired) electrons. The van der Waals surface area contributed by atoms with Gasteiger partial charge in [0.25, 0.3) is 0 Å². The Morgan fingerprint density at radius 3 is 2.95 bits per heavy atom. The van der Waals surface area contributed by atoms with Crippen molar-refractivity contribution >= 4 is 5.95 Å². The van der Waals surface area contributed by atoms with Crippen molar-refractivity contribution in [3.63, 3.8) is 0 Å². The molecule has 0 unspecified atom stereocenters. The van der Waals surface area contributed by atoms with Gasteiger partial charge in [0.05, 0.1) is 12.8 Å². The number of anilines is 1. The summed E-state index contributed by atoms with van der Waals surface area (Å²) in [7, 11) is 3.21. The zero-order valence-electron chi connectivity index (χ0n) is 11.6. The van der Waals surface area contributed by atoms with E-state index in [1.54, 1.807) is 43.3 Å². The molecule has 1 N–H and O–H groups in total. The number of benzene rings is 1. The summed E-state index contributed by atoms with van der Waals surface area (Å²) in [6.45, 7) is 1.37. The molecule has 0 bridgehead atoms. The number of aromatic nitrogens is 2. The first kappa shape index (κ1) is 14.3. The van der Waals surface area contributed by atoms with Gasteiger partial charge in [-0.05, 0) is 18.6 Å². The lowest BCUT2D eigenvalue weighted by atomic mass is 10.3. The van der Waals surface area contributed by atoms with Crippen molar-refractivity contribution in [2.75, 3.05) is 32.7 Å². The fourth-order valence-electron chi connectivity index (χ4n) is 1.85. The minimum atomic E-state index is -0.330. The molecule has 2 aromatic rings. The second-order valence-electron chi connectivity index (χ2n) is 4.21. The number of rotatable bonds is 7. The molecule has 0 atom stereocenters. The maximum atomic E-state index is 13.9. The van der Waals surface area contributed by atoms with Crippen molar-refractivity contribution in [2.45, 2.75) is 6.42 Å². The summed E-state index contributed by atoms with van der Waals surface area (Å²) in [6, 6.07) is 4.60. The molecule has 0 amide bonds. The number of nitrogens with one attached hydrogen (secondary N) is 1. The molecule has 108 valence electrons. The van der Waals surface area contributed by atoms with E-state index in [9.17, 15) is 4.39 Å². The standard InChI is InChI=1S/C14H18FN3O2/c1-19-9-3-6-16-14-17-7-8-18(14)13-10-11(20-2)4-5-12(13)15/h4-5,7-8,10H,3,6,9H2,1-2H3,(H,16,17). The number of methoxy groups -OCH3 is 2. The van der Waals surface area contributed by atoms with Crippen molar-refractivity contribution in [2.24, 2.45) is 0 Å². The van der Waals surface area contributed by atoms with Crippen molar-refractivity contribution in [1.29, 1.82) is 0 Å². The van der Waals surface area contributed by atoms with Gasteiger partial charge in [-0.1, -0.05) is 0 Å². The third kappa shape index (κ3) is 3.27. The molecule has 0 aliphatic carbocycles. The quantitative estimate of drug-likeness (QED) is 0.791. The highest BCUT2D eigenvalue weighted by Gasteiger charge is 2.10. The molecule has 0 saturated heterocycles. The summed E-state index contributed by atoms with van der Waals surface area (Å²) in [5.41, 5.74) is 0.399. The van der Waals surface area contributed by atoms with Gasteiger partial charge in [0, 0.05) is 38.7 Å². The molecule has 0 aliphatic heterocycles. The van der Waals surface area contributed by atoms with Crippen molar-refractivity contribution in [1.82, 2.24) is 9.55 Å². The summed E-state index contributed by atoms with van der Waals surface area (Å²) < 4.78 is 25.7. The fourth-order valence-corrected chi connectivity index (χ4v) is 1.85. The number of hydrogen-bond acceptors (Lipinski definition) is 4. The smallest absolute Gasteiger partial charge is 0.207 e. The van der Waals surface area contributed by atoms with E-state index in [2.05, 4.69) is 10.3 Å². The van der Waals surface area contributed by atoms with Crippen molar-refractivity contribution < 1.29 is 13.9 Å². The number of ether oxygens (including phenoxy) is 2. The highest BCUT2D eigenvalue weighted by Crippen LogP contribution is 2.22. The molecule has 1 aromatic carbocycles. The molecule has 6 heteroatoms. The highest BCUT2D eigenvalue weighted by atomic mass is 19.1. The van der Waals surface area contributed by atoms with Crippen molar-refractivity contribution in [3.8, 4) is 11.4 Å². The lowest BCUT2D eigenvalue weighted by molar-refractivity contribution is 0.197. The molecule has 5 nitrogen and oxygen atoms in total. The molecule has 20 heavy (non-hydrogen) atoms. The first-order chi connectivity index (χ1) is 9.76. The Morgan fingerprint density at radius 2 is 2.20 bits per heavy atom. The summed E-state index contributed by atoms with van der Waals surface area (Å²) in [4.78, 5) is 4.19. The van der Waals surface area contributed by atoms with Gasteiger partial charge in [0.1, 0.15) is 11.6 Å². The SMILES string of the molecule is COCCCNc1nccn1-c1cc(OC)ccc1F. The Bertz CT molecular complexity index is 557. The van der Waals surface area contributed by atoms with E-state index >= 15 is 0 Å². The zero-order chi connectivity index (χ0) is 14.4. The molecular formula is C14H18FN3O2.